The minimum atomic E-state index is -0.609. The Morgan fingerprint density at radius 2 is 2.33 bits per heavy atom. The van der Waals surface area contributed by atoms with E-state index in [2.05, 4.69) is 0 Å². The predicted octanol–water partition coefficient (Wildman–Crippen LogP) is 1.39. The third kappa shape index (κ3) is 3.24. The predicted molar refractivity (Wildman–Crippen MR) is 53.9 cm³/mol. The van der Waals surface area contributed by atoms with Gasteiger partial charge in [0.2, 0.25) is 5.91 Å². The highest BCUT2D eigenvalue weighted by molar-refractivity contribution is 5.90. The van der Waals surface area contributed by atoms with E-state index in [1.165, 1.54) is 24.3 Å². The van der Waals surface area contributed by atoms with Gasteiger partial charge in [0, 0.05) is 6.08 Å². The van der Waals surface area contributed by atoms with Crippen molar-refractivity contribution in [3.8, 4) is 6.07 Å². The molecule has 76 valence electrons. The van der Waals surface area contributed by atoms with Gasteiger partial charge in [-0.3, -0.25) is 4.79 Å². The molecule has 1 rings (SSSR count). The Morgan fingerprint density at radius 3 is 2.93 bits per heavy atom. The Bertz CT molecular complexity index is 446. The second-order valence-corrected chi connectivity index (χ2v) is 2.91. The van der Waals surface area contributed by atoms with Crippen molar-refractivity contribution in [2.24, 2.45) is 5.73 Å². The molecule has 0 heterocycles. The summed E-state index contributed by atoms with van der Waals surface area (Å²) in [7, 11) is 0. The van der Waals surface area contributed by atoms with Gasteiger partial charge in [-0.25, -0.2) is 4.39 Å². The molecule has 1 amide bonds. The van der Waals surface area contributed by atoms with Crippen molar-refractivity contribution in [1.82, 2.24) is 0 Å². The van der Waals surface area contributed by atoms with Crippen LogP contribution in [0.15, 0.2) is 24.3 Å². The summed E-state index contributed by atoms with van der Waals surface area (Å²) in [4.78, 5) is 10.5. The molecule has 0 unspecified atom stereocenters. The van der Waals surface area contributed by atoms with Gasteiger partial charge in [-0.1, -0.05) is 6.07 Å². The Kier molecular flexibility index (Phi) is 3.58. The maximum absolute atomic E-state index is 12.9. The molecule has 0 saturated heterocycles. The molecule has 0 aromatic heterocycles. The molecule has 0 aliphatic carbocycles. The van der Waals surface area contributed by atoms with E-state index < -0.39 is 11.7 Å². The first-order valence-corrected chi connectivity index (χ1v) is 4.26. The van der Waals surface area contributed by atoms with Crippen LogP contribution in [0.1, 0.15) is 11.1 Å². The topological polar surface area (TPSA) is 66.9 Å². The van der Waals surface area contributed by atoms with Gasteiger partial charge in [0.05, 0.1) is 12.5 Å². The van der Waals surface area contributed by atoms with E-state index in [0.29, 0.717) is 11.1 Å². The van der Waals surface area contributed by atoms with Crippen molar-refractivity contribution in [1.29, 1.82) is 5.26 Å². The zero-order valence-corrected chi connectivity index (χ0v) is 7.90. The molecule has 0 atom stereocenters. The molecule has 0 saturated carbocycles. The summed E-state index contributed by atoms with van der Waals surface area (Å²) in [6.45, 7) is 0. The van der Waals surface area contributed by atoms with E-state index in [1.54, 1.807) is 0 Å². The molecule has 15 heavy (non-hydrogen) atoms. The zero-order chi connectivity index (χ0) is 11.3. The summed E-state index contributed by atoms with van der Waals surface area (Å²) in [5.41, 5.74) is 6.08. The van der Waals surface area contributed by atoms with E-state index in [1.807, 2.05) is 6.07 Å². The number of hydrogen-bond acceptors (Lipinski definition) is 2. The maximum Gasteiger partial charge on any atom is 0.241 e. The molecule has 0 aliphatic rings. The van der Waals surface area contributed by atoms with Gasteiger partial charge in [-0.2, -0.15) is 5.26 Å². The highest BCUT2D eigenvalue weighted by Gasteiger charge is 2.01. The largest absolute Gasteiger partial charge is 0.366 e. The molecule has 1 aromatic carbocycles. The fraction of sp³-hybridized carbons (Fsp3) is 0.0909. The molecule has 0 spiro atoms. The number of benzene rings is 1. The third-order valence-corrected chi connectivity index (χ3v) is 1.80. The van der Waals surface area contributed by atoms with Crippen LogP contribution in [0.2, 0.25) is 0 Å². The number of primary amides is 1. The van der Waals surface area contributed by atoms with Gasteiger partial charge >= 0.3 is 0 Å². The van der Waals surface area contributed by atoms with Crippen LogP contribution in [0.5, 0.6) is 0 Å². The Balaban J connectivity index is 3.08. The van der Waals surface area contributed by atoms with Crippen LogP contribution in [0.25, 0.3) is 6.08 Å². The van der Waals surface area contributed by atoms with E-state index in [9.17, 15) is 9.18 Å². The average molecular weight is 204 g/mol. The lowest BCUT2D eigenvalue weighted by molar-refractivity contribution is -0.113. The van der Waals surface area contributed by atoms with Crippen LogP contribution >= 0.6 is 0 Å². The highest BCUT2D eigenvalue weighted by atomic mass is 19.1. The smallest absolute Gasteiger partial charge is 0.241 e. The van der Waals surface area contributed by atoms with Gasteiger partial charge in [-0.05, 0) is 29.3 Å². The number of nitriles is 1. The standard InChI is InChI=1S/C11H9FN2O/c12-10-3-1-8(5-6-13)9(7-10)2-4-11(14)15/h1-4,7H,5H2,(H2,14,15). The highest BCUT2D eigenvalue weighted by Crippen LogP contribution is 2.13. The average Bonchev–Trinajstić information content (AvgIpc) is 2.18. The first-order valence-electron chi connectivity index (χ1n) is 4.26. The summed E-state index contributed by atoms with van der Waals surface area (Å²) in [5, 5.41) is 8.53. The van der Waals surface area contributed by atoms with Gasteiger partial charge in [0.15, 0.2) is 0 Å². The molecule has 0 aliphatic heterocycles. The normalized spacial score (nSPS) is 10.1. The molecular formula is C11H9FN2O. The van der Waals surface area contributed by atoms with E-state index in [-0.39, 0.29) is 6.42 Å². The SMILES string of the molecule is N#CCc1ccc(F)cc1C=CC(N)=O. The summed E-state index contributed by atoms with van der Waals surface area (Å²) in [6, 6.07) is 6.00. The fourth-order valence-corrected chi connectivity index (χ4v) is 1.14. The number of nitrogens with two attached hydrogens (primary N) is 1. The maximum atomic E-state index is 12.9. The van der Waals surface area contributed by atoms with Crippen molar-refractivity contribution in [3.63, 3.8) is 0 Å². The quantitative estimate of drug-likeness (QED) is 0.756. The van der Waals surface area contributed by atoms with E-state index in [0.717, 1.165) is 6.08 Å². The summed E-state index contributed by atoms with van der Waals surface area (Å²) >= 11 is 0. The minimum Gasteiger partial charge on any atom is -0.366 e. The second kappa shape index (κ2) is 4.91. The lowest BCUT2D eigenvalue weighted by Crippen LogP contribution is -2.05. The van der Waals surface area contributed by atoms with Crippen LogP contribution in [-0.4, -0.2) is 5.91 Å². The fourth-order valence-electron chi connectivity index (χ4n) is 1.14. The molecule has 2 N–H and O–H groups in total. The monoisotopic (exact) mass is 204 g/mol. The van der Waals surface area contributed by atoms with E-state index in [4.69, 9.17) is 11.0 Å². The van der Waals surface area contributed by atoms with Crippen molar-refractivity contribution in [2.45, 2.75) is 6.42 Å². The molecular weight excluding hydrogens is 195 g/mol. The molecule has 0 fully saturated rings. The van der Waals surface area contributed by atoms with E-state index >= 15 is 0 Å². The summed E-state index contributed by atoms with van der Waals surface area (Å²) in [6.07, 6.45) is 2.70. The second-order valence-electron chi connectivity index (χ2n) is 2.91. The zero-order valence-electron chi connectivity index (χ0n) is 7.90. The van der Waals surface area contributed by atoms with Crippen molar-refractivity contribution < 1.29 is 9.18 Å². The first kappa shape index (κ1) is 10.9. The van der Waals surface area contributed by atoms with Crippen LogP contribution in [0, 0.1) is 17.1 Å². The Labute approximate surface area is 86.6 Å². The van der Waals surface area contributed by atoms with Crippen LogP contribution in [0.3, 0.4) is 0 Å². The number of hydrogen-bond donors (Lipinski definition) is 1. The molecule has 1 aromatic rings. The third-order valence-electron chi connectivity index (χ3n) is 1.80. The number of carbonyl (C=O) groups excluding carboxylic acids is 1. The van der Waals surface area contributed by atoms with Crippen LogP contribution < -0.4 is 5.73 Å². The summed E-state index contributed by atoms with van der Waals surface area (Å²) in [5.74, 6) is -1.03. The van der Waals surface area contributed by atoms with Gasteiger partial charge in [-0.15, -0.1) is 0 Å². The minimum absolute atomic E-state index is 0.165. The lowest BCUT2D eigenvalue weighted by atomic mass is 10.0. The van der Waals surface area contributed by atoms with Crippen molar-refractivity contribution >= 4 is 12.0 Å². The molecule has 0 radical (unpaired) electrons. The number of amides is 1. The van der Waals surface area contributed by atoms with Gasteiger partial charge < -0.3 is 5.73 Å². The number of carbonyl (C=O) groups is 1. The van der Waals surface area contributed by atoms with Gasteiger partial charge in [0.1, 0.15) is 5.82 Å². The summed E-state index contributed by atoms with van der Waals surface area (Å²) < 4.78 is 12.9. The lowest BCUT2D eigenvalue weighted by Gasteiger charge is -2.01. The first-order chi connectivity index (χ1) is 7.13. The Morgan fingerprint density at radius 1 is 1.60 bits per heavy atom. The molecule has 4 heteroatoms. The van der Waals surface area contributed by atoms with Crippen LogP contribution in [0.4, 0.5) is 4.39 Å². The number of halogens is 1. The van der Waals surface area contributed by atoms with Gasteiger partial charge in [0.25, 0.3) is 0 Å². The number of nitrogens with zero attached hydrogens (tertiary/aromatic N) is 1. The molecule has 3 nitrogen and oxygen atoms in total. The van der Waals surface area contributed by atoms with Crippen molar-refractivity contribution in [2.75, 3.05) is 0 Å². The Hall–Kier alpha value is -2.15. The van der Waals surface area contributed by atoms with Crippen LogP contribution in [-0.2, 0) is 11.2 Å². The van der Waals surface area contributed by atoms with Crippen molar-refractivity contribution in [3.05, 3.63) is 41.2 Å². The number of rotatable bonds is 3. The molecule has 0 bridgehead atoms.